The summed E-state index contributed by atoms with van der Waals surface area (Å²) in [6.07, 6.45) is 1.74. The fourth-order valence-corrected chi connectivity index (χ4v) is 3.85. The number of pyridine rings is 1. The van der Waals surface area contributed by atoms with E-state index in [0.717, 1.165) is 32.7 Å². The van der Waals surface area contributed by atoms with E-state index in [0.29, 0.717) is 18.1 Å². The molecule has 0 N–H and O–H groups in total. The lowest BCUT2D eigenvalue weighted by molar-refractivity contribution is 0.393. The Morgan fingerprint density at radius 2 is 2.00 bits per heavy atom. The minimum atomic E-state index is -0.0889. The van der Waals surface area contributed by atoms with Crippen molar-refractivity contribution in [3.63, 3.8) is 0 Å². The summed E-state index contributed by atoms with van der Waals surface area (Å²) in [7, 11) is 1.62. The van der Waals surface area contributed by atoms with E-state index in [9.17, 15) is 4.79 Å². The SMILES string of the molecule is COc1ccc2ccc(=O)n(Cc3nccs3)c2c1-c1c(C)noc1C. The maximum Gasteiger partial charge on any atom is 0.251 e. The second-order valence-electron chi connectivity index (χ2n) is 5.96. The van der Waals surface area contributed by atoms with Gasteiger partial charge in [-0.15, -0.1) is 11.3 Å². The molecule has 0 aliphatic carbocycles. The van der Waals surface area contributed by atoms with Crippen LogP contribution in [0.3, 0.4) is 0 Å². The van der Waals surface area contributed by atoms with Crippen molar-refractivity contribution in [1.82, 2.24) is 14.7 Å². The molecule has 3 aromatic heterocycles. The summed E-state index contributed by atoms with van der Waals surface area (Å²) >= 11 is 1.52. The average molecular weight is 367 g/mol. The Kier molecular flexibility index (Phi) is 4.08. The topological polar surface area (TPSA) is 70.2 Å². The Morgan fingerprint density at radius 3 is 2.65 bits per heavy atom. The molecule has 0 atom stereocenters. The van der Waals surface area contributed by atoms with Crippen LogP contribution in [-0.4, -0.2) is 21.8 Å². The highest BCUT2D eigenvalue weighted by atomic mass is 32.1. The Labute approximate surface area is 153 Å². The lowest BCUT2D eigenvalue weighted by Crippen LogP contribution is -2.20. The number of aryl methyl sites for hydroxylation is 2. The van der Waals surface area contributed by atoms with Gasteiger partial charge in [-0.05, 0) is 37.4 Å². The fourth-order valence-electron chi connectivity index (χ4n) is 3.25. The number of aromatic nitrogens is 3. The van der Waals surface area contributed by atoms with Crippen LogP contribution in [-0.2, 0) is 6.54 Å². The molecular formula is C19H17N3O3S. The van der Waals surface area contributed by atoms with Crippen molar-refractivity contribution >= 4 is 22.2 Å². The number of hydrogen-bond donors (Lipinski definition) is 0. The molecular weight excluding hydrogens is 350 g/mol. The van der Waals surface area contributed by atoms with Crippen molar-refractivity contribution in [3.8, 4) is 16.9 Å². The first kappa shape index (κ1) is 16.5. The van der Waals surface area contributed by atoms with Gasteiger partial charge in [-0.1, -0.05) is 5.16 Å². The van der Waals surface area contributed by atoms with Crippen LogP contribution in [0.5, 0.6) is 5.75 Å². The smallest absolute Gasteiger partial charge is 0.251 e. The lowest BCUT2D eigenvalue weighted by atomic mass is 9.99. The highest BCUT2D eigenvalue weighted by molar-refractivity contribution is 7.09. The zero-order valence-electron chi connectivity index (χ0n) is 14.6. The van der Waals surface area contributed by atoms with Crippen molar-refractivity contribution in [2.24, 2.45) is 0 Å². The number of benzene rings is 1. The molecule has 0 fully saturated rings. The van der Waals surface area contributed by atoms with Crippen molar-refractivity contribution in [2.45, 2.75) is 20.4 Å². The maximum absolute atomic E-state index is 12.7. The summed E-state index contributed by atoms with van der Waals surface area (Å²) in [5, 5.41) is 7.79. The first-order valence-electron chi connectivity index (χ1n) is 8.12. The normalized spacial score (nSPS) is 11.2. The molecule has 0 bridgehead atoms. The van der Waals surface area contributed by atoms with Gasteiger partial charge in [-0.25, -0.2) is 4.98 Å². The van der Waals surface area contributed by atoms with Gasteiger partial charge >= 0.3 is 0 Å². The Balaban J connectivity index is 2.12. The monoisotopic (exact) mass is 367 g/mol. The van der Waals surface area contributed by atoms with Crippen LogP contribution < -0.4 is 10.3 Å². The minimum absolute atomic E-state index is 0.0889. The largest absolute Gasteiger partial charge is 0.496 e. The van der Waals surface area contributed by atoms with Crippen LogP contribution in [0.1, 0.15) is 16.5 Å². The van der Waals surface area contributed by atoms with E-state index in [1.807, 2.05) is 37.4 Å². The quantitative estimate of drug-likeness (QED) is 0.549. The third-order valence-corrected chi connectivity index (χ3v) is 5.16. The minimum Gasteiger partial charge on any atom is -0.496 e. The van der Waals surface area contributed by atoms with E-state index in [2.05, 4.69) is 10.1 Å². The van der Waals surface area contributed by atoms with Crippen molar-refractivity contribution < 1.29 is 9.26 Å². The van der Waals surface area contributed by atoms with E-state index in [4.69, 9.17) is 9.26 Å². The second kappa shape index (κ2) is 6.42. The van der Waals surface area contributed by atoms with Gasteiger partial charge in [0.05, 0.1) is 36.0 Å². The molecule has 0 radical (unpaired) electrons. The van der Waals surface area contributed by atoms with Crippen molar-refractivity contribution in [3.05, 3.63) is 62.7 Å². The Morgan fingerprint density at radius 1 is 1.19 bits per heavy atom. The molecule has 132 valence electrons. The Hall–Kier alpha value is -2.93. The summed E-state index contributed by atoms with van der Waals surface area (Å²) in [5.41, 5.74) is 3.13. The average Bonchev–Trinajstić information content (AvgIpc) is 3.26. The molecule has 4 aromatic rings. The predicted molar refractivity (Wildman–Crippen MR) is 101 cm³/mol. The summed E-state index contributed by atoms with van der Waals surface area (Å²) < 4.78 is 12.7. The molecule has 0 aliphatic rings. The molecule has 4 rings (SSSR count). The molecule has 0 aliphatic heterocycles. The molecule has 26 heavy (non-hydrogen) atoms. The standard InChI is InChI=1S/C19H17N3O3S/c1-11-17(12(2)25-21-11)18-14(24-3)6-4-13-5-7-16(23)22(19(13)18)10-15-20-8-9-26-15/h4-9H,10H2,1-3H3. The number of thiazole rings is 1. The number of nitrogens with zero attached hydrogens (tertiary/aromatic N) is 3. The first-order valence-corrected chi connectivity index (χ1v) is 9.00. The van der Waals surface area contributed by atoms with Crippen molar-refractivity contribution in [1.29, 1.82) is 0 Å². The fraction of sp³-hybridized carbons (Fsp3) is 0.211. The van der Waals surface area contributed by atoms with Crippen LogP contribution in [0.15, 0.2) is 45.2 Å². The molecule has 3 heterocycles. The number of rotatable bonds is 4. The van der Waals surface area contributed by atoms with Gasteiger partial charge in [-0.3, -0.25) is 4.79 Å². The molecule has 7 heteroatoms. The van der Waals surface area contributed by atoms with E-state index in [1.165, 1.54) is 11.3 Å². The summed E-state index contributed by atoms with van der Waals surface area (Å²) in [5.74, 6) is 1.36. The third kappa shape index (κ3) is 2.61. The van der Waals surface area contributed by atoms with Crippen LogP contribution in [0.4, 0.5) is 0 Å². The maximum atomic E-state index is 12.7. The zero-order valence-corrected chi connectivity index (χ0v) is 15.5. The second-order valence-corrected chi connectivity index (χ2v) is 6.94. The number of hydrogen-bond acceptors (Lipinski definition) is 6. The molecule has 0 unspecified atom stereocenters. The number of ether oxygens (including phenoxy) is 1. The van der Waals surface area contributed by atoms with Gasteiger partial charge in [0.2, 0.25) is 0 Å². The zero-order chi connectivity index (χ0) is 18.3. The van der Waals surface area contributed by atoms with E-state index in [1.54, 1.807) is 23.9 Å². The van der Waals surface area contributed by atoms with E-state index in [-0.39, 0.29) is 5.56 Å². The van der Waals surface area contributed by atoms with Crippen LogP contribution in [0.2, 0.25) is 0 Å². The summed E-state index contributed by atoms with van der Waals surface area (Å²) in [6, 6.07) is 7.27. The summed E-state index contributed by atoms with van der Waals surface area (Å²) in [6.45, 7) is 4.15. The molecule has 0 amide bonds. The highest BCUT2D eigenvalue weighted by Gasteiger charge is 2.21. The third-order valence-electron chi connectivity index (χ3n) is 4.39. The van der Waals surface area contributed by atoms with Crippen LogP contribution >= 0.6 is 11.3 Å². The van der Waals surface area contributed by atoms with Gasteiger partial charge in [0, 0.05) is 17.6 Å². The van der Waals surface area contributed by atoms with Gasteiger partial charge in [-0.2, -0.15) is 0 Å². The highest BCUT2D eigenvalue weighted by Crippen LogP contribution is 2.39. The summed E-state index contributed by atoms with van der Waals surface area (Å²) in [4.78, 5) is 17.0. The van der Waals surface area contributed by atoms with E-state index >= 15 is 0 Å². The molecule has 6 nitrogen and oxygen atoms in total. The van der Waals surface area contributed by atoms with Crippen molar-refractivity contribution in [2.75, 3.05) is 7.11 Å². The molecule has 0 saturated heterocycles. The van der Waals surface area contributed by atoms with Gasteiger partial charge in [0.15, 0.2) is 0 Å². The first-order chi connectivity index (χ1) is 12.6. The molecule has 1 aromatic carbocycles. The number of fused-ring (bicyclic) bond motifs is 1. The lowest BCUT2D eigenvalue weighted by Gasteiger charge is -2.16. The van der Waals surface area contributed by atoms with E-state index < -0.39 is 0 Å². The van der Waals surface area contributed by atoms with Gasteiger partial charge < -0.3 is 13.8 Å². The van der Waals surface area contributed by atoms with Crippen LogP contribution in [0, 0.1) is 13.8 Å². The van der Waals surface area contributed by atoms with Gasteiger partial charge in [0.1, 0.15) is 16.5 Å². The molecule has 0 spiro atoms. The molecule has 0 saturated carbocycles. The predicted octanol–water partition coefficient (Wildman–Crippen LogP) is 3.79. The van der Waals surface area contributed by atoms with Gasteiger partial charge in [0.25, 0.3) is 5.56 Å². The van der Waals surface area contributed by atoms with Crippen LogP contribution in [0.25, 0.3) is 22.0 Å². The Bertz CT molecular complexity index is 1120. The number of methoxy groups -OCH3 is 1.